The Balaban J connectivity index is 1.81. The molecule has 0 fully saturated rings. The van der Waals surface area contributed by atoms with Gasteiger partial charge in [-0.25, -0.2) is 0 Å². The molecule has 2 aromatic heterocycles. The van der Waals surface area contributed by atoms with Gasteiger partial charge >= 0.3 is 5.97 Å². The third kappa shape index (κ3) is 4.31. The number of aryl methyl sites for hydroxylation is 2. The van der Waals surface area contributed by atoms with Crippen molar-refractivity contribution in [1.82, 2.24) is 20.1 Å². The molecule has 1 atom stereocenters. The molecule has 0 unspecified atom stereocenters. The summed E-state index contributed by atoms with van der Waals surface area (Å²) >= 11 is 1.61. The van der Waals surface area contributed by atoms with E-state index in [4.69, 9.17) is 10.7 Å². The summed E-state index contributed by atoms with van der Waals surface area (Å²) in [5.41, 5.74) is 9.54. The van der Waals surface area contributed by atoms with Crippen LogP contribution in [-0.2, 0) is 4.79 Å². The quantitative estimate of drug-likeness (QED) is 0.458. The topological polar surface area (TPSA) is 135 Å². The first kappa shape index (κ1) is 22.8. The lowest BCUT2D eigenvalue weighted by Crippen LogP contribution is -2.25. The highest BCUT2D eigenvalue weighted by Crippen LogP contribution is 2.39. The number of carbonyl (C=O) groups is 2. The number of nitrogens with zero attached hydrogens (tertiary/aromatic N) is 4. The minimum Gasteiger partial charge on any atom is -0.481 e. The molecule has 0 aliphatic carbocycles. The van der Waals surface area contributed by atoms with Crippen LogP contribution >= 0.6 is 11.3 Å². The molecular weight excluding hydrogens is 440 g/mol. The van der Waals surface area contributed by atoms with Crippen molar-refractivity contribution in [2.45, 2.75) is 39.7 Å². The zero-order valence-electron chi connectivity index (χ0n) is 18.8. The zero-order chi connectivity index (χ0) is 23.7. The van der Waals surface area contributed by atoms with E-state index in [-0.39, 0.29) is 12.3 Å². The van der Waals surface area contributed by atoms with Crippen LogP contribution in [0.1, 0.15) is 62.5 Å². The Bertz CT molecular complexity index is 1240. The molecule has 1 aliphatic heterocycles. The molecule has 10 heteroatoms. The van der Waals surface area contributed by atoms with Crippen LogP contribution in [0, 0.1) is 20.8 Å². The average molecular weight is 467 g/mol. The van der Waals surface area contributed by atoms with Crippen LogP contribution in [0.3, 0.4) is 0 Å². The molecule has 1 aliphatic rings. The van der Waals surface area contributed by atoms with Gasteiger partial charge < -0.3 is 16.2 Å². The highest BCUT2D eigenvalue weighted by Gasteiger charge is 2.32. The van der Waals surface area contributed by atoms with Gasteiger partial charge in [0.05, 0.1) is 12.1 Å². The van der Waals surface area contributed by atoms with E-state index in [0.29, 0.717) is 42.4 Å². The fourth-order valence-corrected chi connectivity index (χ4v) is 5.09. The third-order valence-corrected chi connectivity index (χ3v) is 6.89. The number of amides is 1. The molecule has 0 bridgehead atoms. The fourth-order valence-electron chi connectivity index (χ4n) is 3.88. The number of fused-ring (bicyclic) bond motifs is 3. The van der Waals surface area contributed by atoms with Gasteiger partial charge in [0.2, 0.25) is 0 Å². The molecule has 0 saturated heterocycles. The van der Waals surface area contributed by atoms with Crippen molar-refractivity contribution in [3.8, 4) is 5.00 Å². The van der Waals surface area contributed by atoms with E-state index in [1.54, 1.807) is 23.5 Å². The lowest BCUT2D eigenvalue weighted by molar-refractivity contribution is -0.137. The predicted molar refractivity (Wildman–Crippen MR) is 127 cm³/mol. The van der Waals surface area contributed by atoms with Crippen molar-refractivity contribution in [2.24, 2.45) is 10.7 Å². The Morgan fingerprint density at radius 3 is 2.58 bits per heavy atom. The number of hydrogen-bond donors (Lipinski definition) is 3. The Hall–Kier alpha value is -3.37. The molecule has 9 nitrogen and oxygen atoms in total. The van der Waals surface area contributed by atoms with E-state index < -0.39 is 12.0 Å². The van der Waals surface area contributed by atoms with E-state index in [1.807, 2.05) is 30.5 Å². The minimum atomic E-state index is -0.960. The summed E-state index contributed by atoms with van der Waals surface area (Å²) in [5.74, 6) is 0.0803. The molecule has 0 spiro atoms. The van der Waals surface area contributed by atoms with Crippen LogP contribution in [0.4, 0.5) is 0 Å². The van der Waals surface area contributed by atoms with Crippen molar-refractivity contribution in [3.05, 3.63) is 63.0 Å². The molecular formula is C23H26N6O3S. The van der Waals surface area contributed by atoms with Gasteiger partial charge in [-0.2, -0.15) is 0 Å². The highest BCUT2D eigenvalue weighted by atomic mass is 32.1. The van der Waals surface area contributed by atoms with E-state index in [1.165, 1.54) is 0 Å². The number of carboxylic acid groups (broad SMARTS) is 1. The molecule has 4 rings (SSSR count). The molecule has 1 aromatic carbocycles. The highest BCUT2D eigenvalue weighted by molar-refractivity contribution is 7.15. The number of aromatic nitrogens is 3. The van der Waals surface area contributed by atoms with E-state index in [9.17, 15) is 14.7 Å². The van der Waals surface area contributed by atoms with Crippen molar-refractivity contribution in [2.75, 3.05) is 13.1 Å². The summed E-state index contributed by atoms with van der Waals surface area (Å²) in [6.07, 6.45) is 0.518. The van der Waals surface area contributed by atoms with Crippen LogP contribution in [0.2, 0.25) is 0 Å². The third-order valence-electron chi connectivity index (χ3n) is 5.69. The minimum absolute atomic E-state index is 0.161. The number of aliphatic carboxylic acids is 1. The smallest absolute Gasteiger partial charge is 0.306 e. The maximum Gasteiger partial charge on any atom is 0.306 e. The van der Waals surface area contributed by atoms with Gasteiger partial charge in [-0.05, 0) is 51.4 Å². The second kappa shape index (κ2) is 9.24. The largest absolute Gasteiger partial charge is 0.481 e. The molecule has 3 heterocycles. The monoisotopic (exact) mass is 466 g/mol. The number of carboxylic acids is 1. The van der Waals surface area contributed by atoms with Crippen LogP contribution in [0.15, 0.2) is 29.3 Å². The Kier molecular flexibility index (Phi) is 6.39. The fraction of sp³-hybridized carbons (Fsp3) is 0.348. The first-order valence-electron chi connectivity index (χ1n) is 10.7. The number of nitrogens with two attached hydrogens (primary N) is 1. The van der Waals surface area contributed by atoms with Crippen molar-refractivity contribution >= 4 is 28.9 Å². The first-order chi connectivity index (χ1) is 15.8. The van der Waals surface area contributed by atoms with Gasteiger partial charge in [-0.1, -0.05) is 12.1 Å². The summed E-state index contributed by atoms with van der Waals surface area (Å²) in [6, 6.07) is 6.53. The lowest BCUT2D eigenvalue weighted by atomic mass is 9.98. The van der Waals surface area contributed by atoms with Crippen LogP contribution < -0.4 is 11.1 Å². The van der Waals surface area contributed by atoms with Gasteiger partial charge in [-0.15, -0.1) is 21.5 Å². The van der Waals surface area contributed by atoms with E-state index in [0.717, 1.165) is 26.6 Å². The second-order valence-corrected chi connectivity index (χ2v) is 9.17. The number of benzene rings is 1. The summed E-state index contributed by atoms with van der Waals surface area (Å²) < 4.78 is 1.92. The van der Waals surface area contributed by atoms with E-state index in [2.05, 4.69) is 22.4 Å². The normalized spacial score (nSPS) is 14.8. The van der Waals surface area contributed by atoms with Gasteiger partial charge in [0.25, 0.3) is 5.91 Å². The molecule has 0 radical (unpaired) electrons. The molecule has 172 valence electrons. The van der Waals surface area contributed by atoms with Gasteiger partial charge in [0, 0.05) is 28.1 Å². The van der Waals surface area contributed by atoms with Gasteiger partial charge in [0.15, 0.2) is 5.82 Å². The Morgan fingerprint density at radius 2 is 1.91 bits per heavy atom. The zero-order valence-corrected chi connectivity index (χ0v) is 19.6. The van der Waals surface area contributed by atoms with Crippen LogP contribution in [-0.4, -0.2) is 50.5 Å². The first-order valence-corrected chi connectivity index (χ1v) is 11.5. The Morgan fingerprint density at radius 1 is 1.18 bits per heavy atom. The SMILES string of the molecule is Cc1sc2c(c1C)C(c1ccc(C(=O)NCCCN)cc1)=N[C@@H](CC(=O)O)c1nnc(C)n1-2. The number of aliphatic imine (C=N–C) groups is 1. The number of hydrogen-bond acceptors (Lipinski definition) is 7. The van der Waals surface area contributed by atoms with Crippen molar-refractivity contribution in [3.63, 3.8) is 0 Å². The van der Waals surface area contributed by atoms with Gasteiger partial charge in [0.1, 0.15) is 16.9 Å². The molecule has 3 aromatic rings. The number of nitrogens with one attached hydrogen (secondary N) is 1. The predicted octanol–water partition coefficient (Wildman–Crippen LogP) is 2.70. The average Bonchev–Trinajstić information content (AvgIpc) is 3.26. The van der Waals surface area contributed by atoms with E-state index >= 15 is 0 Å². The summed E-state index contributed by atoms with van der Waals surface area (Å²) in [5, 5.41) is 21.8. The number of carbonyl (C=O) groups excluding carboxylic acids is 1. The van der Waals surface area contributed by atoms with Crippen LogP contribution in [0.25, 0.3) is 5.00 Å². The van der Waals surface area contributed by atoms with Gasteiger partial charge in [-0.3, -0.25) is 19.1 Å². The summed E-state index contributed by atoms with van der Waals surface area (Å²) in [6.45, 7) is 6.98. The summed E-state index contributed by atoms with van der Waals surface area (Å²) in [4.78, 5) is 30.0. The van der Waals surface area contributed by atoms with Crippen molar-refractivity contribution in [1.29, 1.82) is 0 Å². The number of thiophene rings is 1. The Labute approximate surface area is 195 Å². The summed E-state index contributed by atoms with van der Waals surface area (Å²) in [7, 11) is 0. The maximum absolute atomic E-state index is 12.4. The molecule has 4 N–H and O–H groups in total. The lowest BCUT2D eigenvalue weighted by Gasteiger charge is -2.11. The molecule has 1 amide bonds. The second-order valence-electron chi connectivity index (χ2n) is 7.97. The maximum atomic E-state index is 12.4. The van der Waals surface area contributed by atoms with Crippen LogP contribution in [0.5, 0.6) is 0 Å². The number of rotatable bonds is 7. The molecule has 33 heavy (non-hydrogen) atoms. The standard InChI is InChI=1S/C23H26N6O3S/c1-12-13(2)33-23-19(12)20(15-5-7-16(8-6-15)22(32)25-10-4-9-24)26-17(11-18(30)31)21-28-27-14(3)29(21)23/h5-8,17H,4,9-11,24H2,1-3H3,(H,25,32)(H,30,31)/t17-/m0/s1. The van der Waals surface area contributed by atoms with Crippen molar-refractivity contribution < 1.29 is 14.7 Å². The molecule has 0 saturated carbocycles.